The van der Waals surface area contributed by atoms with Crippen LogP contribution in [0.1, 0.15) is 42.3 Å². The van der Waals surface area contributed by atoms with Crippen molar-refractivity contribution < 1.29 is 9.53 Å². The fourth-order valence-corrected chi connectivity index (χ4v) is 4.72. The van der Waals surface area contributed by atoms with E-state index in [4.69, 9.17) is 9.72 Å². The number of fused-ring (bicyclic) bond motifs is 1. The van der Waals surface area contributed by atoms with E-state index in [2.05, 4.69) is 62.0 Å². The Balaban J connectivity index is 1.65. The summed E-state index contributed by atoms with van der Waals surface area (Å²) in [6.45, 7) is 10.0. The predicted molar refractivity (Wildman–Crippen MR) is 178 cm³/mol. The summed E-state index contributed by atoms with van der Waals surface area (Å²) in [6.07, 6.45) is 5.12. The maximum atomic E-state index is 13.6. The molecule has 2 aromatic carbocycles. The molecular formula is C31H41N9O2S. The molecule has 4 rings (SSSR count). The zero-order valence-corrected chi connectivity index (χ0v) is 27.2. The van der Waals surface area contributed by atoms with E-state index >= 15 is 0 Å². The number of hydrogen-bond acceptors (Lipinski definition) is 11. The van der Waals surface area contributed by atoms with Crippen molar-refractivity contribution in [2.45, 2.75) is 33.1 Å². The highest BCUT2D eigenvalue weighted by Gasteiger charge is 2.21. The standard InChI is InChI=1S/C31H41N9O2S/c1-19-10-11-20(29(41)36-23-15-21(31(2,3)4)16-24(38-43-9)27(23)42-8)14-22(19)35-28-26-25(33-18-34-28)17-32-30(37-26)40(7)13-12-39(5)6/h10-11,14-18,38H,12-13H2,1-9H3,(H,36,41)(H,33,34,35). The molecule has 1 amide bonds. The van der Waals surface area contributed by atoms with Gasteiger partial charge in [-0.1, -0.05) is 38.8 Å². The molecule has 0 bridgehead atoms. The van der Waals surface area contributed by atoms with Gasteiger partial charge in [-0.3, -0.25) is 4.79 Å². The number of benzene rings is 2. The van der Waals surface area contributed by atoms with Gasteiger partial charge in [0.05, 0.1) is 24.7 Å². The minimum Gasteiger partial charge on any atom is -0.492 e. The summed E-state index contributed by atoms with van der Waals surface area (Å²) in [4.78, 5) is 35.8. The Morgan fingerprint density at radius 1 is 1.00 bits per heavy atom. The second-order valence-electron chi connectivity index (χ2n) is 11.6. The van der Waals surface area contributed by atoms with Gasteiger partial charge in [0.15, 0.2) is 11.6 Å². The van der Waals surface area contributed by atoms with Crippen LogP contribution in [0.5, 0.6) is 5.75 Å². The Morgan fingerprint density at radius 3 is 2.42 bits per heavy atom. The number of ether oxygens (including phenoxy) is 1. The summed E-state index contributed by atoms with van der Waals surface area (Å²) in [5, 5.41) is 6.46. The van der Waals surface area contributed by atoms with Crippen LogP contribution in [-0.2, 0) is 5.41 Å². The van der Waals surface area contributed by atoms with E-state index in [-0.39, 0.29) is 11.3 Å². The molecule has 2 aromatic heterocycles. The molecule has 11 nitrogen and oxygen atoms in total. The summed E-state index contributed by atoms with van der Waals surface area (Å²) in [6, 6.07) is 9.54. The van der Waals surface area contributed by atoms with E-state index in [1.54, 1.807) is 19.4 Å². The first-order valence-corrected chi connectivity index (χ1v) is 15.2. The third-order valence-electron chi connectivity index (χ3n) is 6.96. The minimum atomic E-state index is -0.262. The van der Waals surface area contributed by atoms with E-state index < -0.39 is 0 Å². The van der Waals surface area contributed by atoms with E-state index in [0.29, 0.717) is 39.8 Å². The van der Waals surface area contributed by atoms with Crippen LogP contribution in [0.3, 0.4) is 0 Å². The van der Waals surface area contributed by atoms with Gasteiger partial charge in [-0.15, -0.1) is 0 Å². The lowest BCUT2D eigenvalue weighted by Crippen LogP contribution is -2.29. The SMILES string of the molecule is COc1c(NSC)cc(C(C)(C)C)cc1NC(=O)c1ccc(C)c(Nc2ncnc3cnc(N(C)CCN(C)C)nc23)c1. The van der Waals surface area contributed by atoms with Crippen LogP contribution >= 0.6 is 11.9 Å². The van der Waals surface area contributed by atoms with E-state index in [0.717, 1.165) is 35.6 Å². The number of nitrogens with one attached hydrogen (secondary N) is 3. The van der Waals surface area contributed by atoms with Gasteiger partial charge in [0, 0.05) is 37.6 Å². The molecular weight excluding hydrogens is 562 g/mol. The van der Waals surface area contributed by atoms with Crippen LogP contribution < -0.4 is 25.0 Å². The molecule has 0 aliphatic rings. The maximum absolute atomic E-state index is 13.6. The Morgan fingerprint density at radius 2 is 1.74 bits per heavy atom. The Bertz CT molecular complexity index is 1600. The van der Waals surface area contributed by atoms with Crippen molar-refractivity contribution in [1.82, 2.24) is 24.8 Å². The average molecular weight is 604 g/mol. The molecule has 0 fully saturated rings. The average Bonchev–Trinajstić information content (AvgIpc) is 2.96. The molecule has 0 atom stereocenters. The third-order valence-corrected chi connectivity index (χ3v) is 7.38. The molecule has 43 heavy (non-hydrogen) atoms. The number of carbonyl (C=O) groups is 1. The molecule has 4 aromatic rings. The van der Waals surface area contributed by atoms with Gasteiger partial charge in [0.1, 0.15) is 17.4 Å². The molecule has 2 heterocycles. The number of anilines is 5. The van der Waals surface area contributed by atoms with Crippen molar-refractivity contribution in [3.05, 3.63) is 59.5 Å². The summed E-state index contributed by atoms with van der Waals surface area (Å²) in [5.74, 6) is 1.42. The molecule has 3 N–H and O–H groups in total. The first-order chi connectivity index (χ1) is 20.4. The highest BCUT2D eigenvalue weighted by molar-refractivity contribution is 7.99. The zero-order valence-electron chi connectivity index (χ0n) is 26.4. The fraction of sp³-hybridized carbons (Fsp3) is 0.387. The maximum Gasteiger partial charge on any atom is 0.255 e. The van der Waals surface area contributed by atoms with E-state index in [1.165, 1.54) is 18.3 Å². The van der Waals surface area contributed by atoms with Crippen LogP contribution in [0.25, 0.3) is 11.0 Å². The van der Waals surface area contributed by atoms with Gasteiger partial charge in [-0.05, 0) is 61.8 Å². The second-order valence-corrected chi connectivity index (χ2v) is 12.2. The van der Waals surface area contributed by atoms with Crippen molar-refractivity contribution in [2.24, 2.45) is 0 Å². The second kappa shape index (κ2) is 13.4. The molecule has 0 saturated heterocycles. The number of methoxy groups -OCH3 is 1. The van der Waals surface area contributed by atoms with Crippen molar-refractivity contribution in [3.63, 3.8) is 0 Å². The van der Waals surface area contributed by atoms with Crippen molar-refractivity contribution in [3.8, 4) is 5.75 Å². The number of likely N-dealkylation sites (N-methyl/N-ethyl adjacent to an activating group) is 2. The molecule has 0 spiro atoms. The topological polar surface area (TPSA) is 120 Å². The van der Waals surface area contributed by atoms with Crippen LogP contribution in [-0.4, -0.2) is 78.3 Å². The lowest BCUT2D eigenvalue weighted by atomic mass is 9.86. The molecule has 0 saturated carbocycles. The lowest BCUT2D eigenvalue weighted by molar-refractivity contribution is 0.102. The van der Waals surface area contributed by atoms with Gasteiger partial charge in [0.25, 0.3) is 5.91 Å². The van der Waals surface area contributed by atoms with Gasteiger partial charge in [-0.2, -0.15) is 0 Å². The van der Waals surface area contributed by atoms with Gasteiger partial charge >= 0.3 is 0 Å². The van der Waals surface area contributed by atoms with Crippen molar-refractivity contribution in [2.75, 3.05) is 67.9 Å². The molecule has 0 aliphatic carbocycles. The number of aryl methyl sites for hydroxylation is 1. The van der Waals surface area contributed by atoms with Crippen LogP contribution in [0.2, 0.25) is 0 Å². The molecule has 0 aliphatic heterocycles. The zero-order chi connectivity index (χ0) is 31.3. The fourth-order valence-electron chi connectivity index (χ4n) is 4.35. The Kier molecular flexibility index (Phi) is 9.92. The summed E-state index contributed by atoms with van der Waals surface area (Å²) >= 11 is 1.46. The van der Waals surface area contributed by atoms with Crippen molar-refractivity contribution >= 4 is 57.7 Å². The Hall–Kier alpha value is -4.16. The smallest absolute Gasteiger partial charge is 0.255 e. The highest BCUT2D eigenvalue weighted by Crippen LogP contribution is 2.40. The molecule has 12 heteroatoms. The molecule has 0 unspecified atom stereocenters. The quantitative estimate of drug-likeness (QED) is 0.183. The van der Waals surface area contributed by atoms with Crippen LogP contribution in [0, 0.1) is 6.92 Å². The van der Waals surface area contributed by atoms with E-state index in [9.17, 15) is 4.79 Å². The number of rotatable bonds is 11. The summed E-state index contributed by atoms with van der Waals surface area (Å²) < 4.78 is 8.99. The van der Waals surface area contributed by atoms with Crippen LogP contribution in [0.4, 0.5) is 28.8 Å². The van der Waals surface area contributed by atoms with Crippen molar-refractivity contribution in [1.29, 1.82) is 0 Å². The van der Waals surface area contributed by atoms with Gasteiger partial charge in [-0.25, -0.2) is 19.9 Å². The number of carbonyl (C=O) groups excluding carboxylic acids is 1. The molecule has 0 radical (unpaired) electrons. The van der Waals surface area contributed by atoms with Gasteiger partial charge < -0.3 is 29.9 Å². The predicted octanol–water partition coefficient (Wildman–Crippen LogP) is 5.72. The van der Waals surface area contributed by atoms with E-state index in [1.807, 2.05) is 57.4 Å². The number of amides is 1. The monoisotopic (exact) mass is 603 g/mol. The number of hydrogen-bond donors (Lipinski definition) is 3. The minimum absolute atomic E-state index is 0.133. The number of aromatic nitrogens is 4. The number of nitrogens with zero attached hydrogens (tertiary/aromatic N) is 6. The largest absolute Gasteiger partial charge is 0.492 e. The normalized spacial score (nSPS) is 11.5. The summed E-state index contributed by atoms with van der Waals surface area (Å²) in [7, 11) is 7.62. The van der Waals surface area contributed by atoms with Crippen LogP contribution in [0.15, 0.2) is 42.9 Å². The first-order valence-electron chi connectivity index (χ1n) is 14.0. The lowest BCUT2D eigenvalue weighted by Gasteiger charge is -2.24. The third kappa shape index (κ3) is 7.63. The van der Waals surface area contributed by atoms with Gasteiger partial charge in [0.2, 0.25) is 5.95 Å². The Labute approximate surface area is 258 Å². The first kappa shape index (κ1) is 31.8. The highest BCUT2D eigenvalue weighted by atomic mass is 32.2. The summed E-state index contributed by atoms with van der Waals surface area (Å²) in [5.41, 5.74) is 5.69. The molecule has 228 valence electrons.